The van der Waals surface area contributed by atoms with Crippen molar-refractivity contribution in [1.29, 1.82) is 0 Å². The second-order valence-corrected chi connectivity index (χ2v) is 5.59. The predicted molar refractivity (Wildman–Crippen MR) is 72.0 cm³/mol. The van der Waals surface area contributed by atoms with Gasteiger partial charge in [-0.1, -0.05) is 41.0 Å². The summed E-state index contributed by atoms with van der Waals surface area (Å²) in [5.74, 6) is 0.431. The van der Waals surface area contributed by atoms with Gasteiger partial charge in [-0.3, -0.25) is 9.59 Å². The van der Waals surface area contributed by atoms with Gasteiger partial charge in [0, 0.05) is 6.54 Å². The highest BCUT2D eigenvalue weighted by Crippen LogP contribution is 2.22. The number of hydrogen-bond donors (Lipinski definition) is 1. The maximum atomic E-state index is 12.4. The van der Waals surface area contributed by atoms with Crippen molar-refractivity contribution < 1.29 is 9.59 Å². The Hall–Kier alpha value is -1.06. The van der Waals surface area contributed by atoms with E-state index in [9.17, 15) is 9.59 Å². The van der Waals surface area contributed by atoms with Crippen molar-refractivity contribution in [2.75, 3.05) is 6.54 Å². The fraction of sp³-hybridized carbons (Fsp3) is 0.857. The molecule has 18 heavy (non-hydrogen) atoms. The summed E-state index contributed by atoms with van der Waals surface area (Å²) in [5.41, 5.74) is 0. The first-order valence-electron chi connectivity index (χ1n) is 7.04. The molecule has 0 aromatic carbocycles. The third-order valence-corrected chi connectivity index (χ3v) is 3.77. The summed E-state index contributed by atoms with van der Waals surface area (Å²) in [6.45, 7) is 10.7. The summed E-state index contributed by atoms with van der Waals surface area (Å²) in [5, 5.41) is 2.89. The maximum absolute atomic E-state index is 12.4. The Morgan fingerprint density at radius 1 is 1.22 bits per heavy atom. The molecule has 3 unspecified atom stereocenters. The number of amides is 2. The van der Waals surface area contributed by atoms with Crippen LogP contribution in [0, 0.1) is 11.8 Å². The van der Waals surface area contributed by atoms with E-state index < -0.39 is 0 Å². The van der Waals surface area contributed by atoms with E-state index in [1.807, 2.05) is 27.7 Å². The molecule has 1 aliphatic heterocycles. The molecule has 0 aromatic rings. The van der Waals surface area contributed by atoms with Gasteiger partial charge in [0.05, 0.1) is 0 Å². The minimum absolute atomic E-state index is 0.0103. The standard InChI is InChI=1S/C14H26N2O2/c1-6-8-16-12(10(5)7-2)13(17)15-11(9(3)4)14(16)18/h9-12H,6-8H2,1-5H3,(H,15,17). The molecule has 4 nitrogen and oxygen atoms in total. The summed E-state index contributed by atoms with van der Waals surface area (Å²) in [6, 6.07) is -0.651. The van der Waals surface area contributed by atoms with Crippen LogP contribution in [0.15, 0.2) is 0 Å². The Morgan fingerprint density at radius 2 is 1.83 bits per heavy atom. The van der Waals surface area contributed by atoms with Crippen molar-refractivity contribution in [3.8, 4) is 0 Å². The number of rotatable bonds is 5. The lowest BCUT2D eigenvalue weighted by Crippen LogP contribution is -2.66. The van der Waals surface area contributed by atoms with E-state index >= 15 is 0 Å². The molecule has 0 aromatic heterocycles. The zero-order chi connectivity index (χ0) is 13.9. The van der Waals surface area contributed by atoms with Gasteiger partial charge in [-0.25, -0.2) is 0 Å². The Morgan fingerprint density at radius 3 is 2.28 bits per heavy atom. The molecule has 0 aliphatic carbocycles. The van der Waals surface area contributed by atoms with Gasteiger partial charge in [-0.2, -0.15) is 0 Å². The molecule has 1 aliphatic rings. The van der Waals surface area contributed by atoms with E-state index in [0.717, 1.165) is 12.8 Å². The molecule has 0 spiro atoms. The summed E-state index contributed by atoms with van der Waals surface area (Å²) in [6.07, 6.45) is 1.79. The van der Waals surface area contributed by atoms with Crippen LogP contribution in [0.5, 0.6) is 0 Å². The lowest BCUT2D eigenvalue weighted by Gasteiger charge is -2.42. The van der Waals surface area contributed by atoms with Crippen molar-refractivity contribution in [2.45, 2.75) is 59.5 Å². The largest absolute Gasteiger partial charge is 0.342 e. The smallest absolute Gasteiger partial charge is 0.246 e. The molecule has 0 saturated carbocycles. The number of nitrogens with one attached hydrogen (secondary N) is 1. The molecule has 0 radical (unpaired) electrons. The Bertz CT molecular complexity index is 315. The summed E-state index contributed by atoms with van der Waals surface area (Å²) in [7, 11) is 0. The third kappa shape index (κ3) is 2.85. The minimum Gasteiger partial charge on any atom is -0.342 e. The molecule has 0 bridgehead atoms. The maximum Gasteiger partial charge on any atom is 0.246 e. The molecular weight excluding hydrogens is 228 g/mol. The molecule has 1 fully saturated rings. The van der Waals surface area contributed by atoms with Gasteiger partial charge in [-0.05, 0) is 18.3 Å². The number of nitrogens with zero attached hydrogens (tertiary/aromatic N) is 1. The number of carbonyl (C=O) groups excluding carboxylic acids is 2. The van der Waals surface area contributed by atoms with Crippen LogP contribution < -0.4 is 5.32 Å². The third-order valence-electron chi connectivity index (χ3n) is 3.77. The van der Waals surface area contributed by atoms with E-state index in [2.05, 4.69) is 12.2 Å². The first kappa shape index (κ1) is 15.0. The van der Waals surface area contributed by atoms with Gasteiger partial charge in [-0.15, -0.1) is 0 Å². The predicted octanol–water partition coefficient (Wildman–Crippen LogP) is 1.79. The second-order valence-electron chi connectivity index (χ2n) is 5.59. The zero-order valence-corrected chi connectivity index (χ0v) is 12.2. The average Bonchev–Trinajstić information content (AvgIpc) is 2.32. The normalized spacial score (nSPS) is 26.4. The highest BCUT2D eigenvalue weighted by molar-refractivity contribution is 5.97. The van der Waals surface area contributed by atoms with Crippen LogP contribution >= 0.6 is 0 Å². The average molecular weight is 254 g/mol. The summed E-state index contributed by atoms with van der Waals surface area (Å²) < 4.78 is 0. The van der Waals surface area contributed by atoms with E-state index in [4.69, 9.17) is 0 Å². The van der Waals surface area contributed by atoms with Crippen LogP contribution in [0.3, 0.4) is 0 Å². The second kappa shape index (κ2) is 6.21. The SMILES string of the molecule is CCCN1C(=O)C(C(C)C)NC(=O)C1C(C)CC. The lowest BCUT2D eigenvalue weighted by molar-refractivity contribution is -0.152. The molecule has 1 saturated heterocycles. The molecule has 104 valence electrons. The van der Waals surface area contributed by atoms with E-state index in [1.54, 1.807) is 4.90 Å². The number of piperazine rings is 1. The Labute approximate surface area is 110 Å². The van der Waals surface area contributed by atoms with Crippen molar-refractivity contribution in [2.24, 2.45) is 11.8 Å². The van der Waals surface area contributed by atoms with Crippen LogP contribution in [0.2, 0.25) is 0 Å². The van der Waals surface area contributed by atoms with Crippen molar-refractivity contribution >= 4 is 11.8 Å². The van der Waals surface area contributed by atoms with Crippen molar-refractivity contribution in [3.05, 3.63) is 0 Å². The number of carbonyl (C=O) groups is 2. The van der Waals surface area contributed by atoms with Gasteiger partial charge in [0.2, 0.25) is 11.8 Å². The topological polar surface area (TPSA) is 49.4 Å². The Balaban J connectivity index is 2.98. The molecule has 1 rings (SSSR count). The fourth-order valence-electron chi connectivity index (χ4n) is 2.49. The zero-order valence-electron chi connectivity index (χ0n) is 12.2. The summed E-state index contributed by atoms with van der Waals surface area (Å²) >= 11 is 0. The van der Waals surface area contributed by atoms with Crippen molar-refractivity contribution in [1.82, 2.24) is 10.2 Å². The monoisotopic (exact) mass is 254 g/mol. The van der Waals surface area contributed by atoms with Gasteiger partial charge >= 0.3 is 0 Å². The first-order valence-corrected chi connectivity index (χ1v) is 7.04. The molecule has 3 atom stereocenters. The van der Waals surface area contributed by atoms with Crippen LogP contribution in [0.1, 0.15) is 47.5 Å². The van der Waals surface area contributed by atoms with Crippen molar-refractivity contribution in [3.63, 3.8) is 0 Å². The lowest BCUT2D eigenvalue weighted by atomic mass is 9.90. The highest BCUT2D eigenvalue weighted by Gasteiger charge is 2.42. The molecule has 2 amide bonds. The van der Waals surface area contributed by atoms with Crippen LogP contribution in [0.4, 0.5) is 0 Å². The van der Waals surface area contributed by atoms with Gasteiger partial charge in [0.1, 0.15) is 12.1 Å². The minimum atomic E-state index is -0.357. The van der Waals surface area contributed by atoms with E-state index in [1.165, 1.54) is 0 Å². The molecular formula is C14H26N2O2. The van der Waals surface area contributed by atoms with Crippen LogP contribution in [-0.4, -0.2) is 35.3 Å². The van der Waals surface area contributed by atoms with Gasteiger partial charge in [0.15, 0.2) is 0 Å². The Kier molecular flexibility index (Phi) is 5.17. The van der Waals surface area contributed by atoms with Crippen LogP contribution in [-0.2, 0) is 9.59 Å². The first-order chi connectivity index (χ1) is 8.43. The fourth-order valence-corrected chi connectivity index (χ4v) is 2.49. The number of hydrogen-bond acceptors (Lipinski definition) is 2. The van der Waals surface area contributed by atoms with Gasteiger partial charge in [0.25, 0.3) is 0 Å². The summed E-state index contributed by atoms with van der Waals surface area (Å²) in [4.78, 5) is 26.5. The van der Waals surface area contributed by atoms with Gasteiger partial charge < -0.3 is 10.2 Å². The van der Waals surface area contributed by atoms with E-state index in [0.29, 0.717) is 6.54 Å². The molecule has 1 heterocycles. The quantitative estimate of drug-likeness (QED) is 0.813. The highest BCUT2D eigenvalue weighted by atomic mass is 16.2. The molecule has 1 N–H and O–H groups in total. The molecule has 4 heteroatoms. The van der Waals surface area contributed by atoms with E-state index in [-0.39, 0.29) is 35.7 Å². The van der Waals surface area contributed by atoms with Crippen LogP contribution in [0.25, 0.3) is 0 Å².